The molecule has 0 saturated carbocycles. The van der Waals surface area contributed by atoms with Gasteiger partial charge in [-0.2, -0.15) is 5.10 Å². The molecule has 1 aromatic carbocycles. The Labute approximate surface area is 135 Å². The molecule has 21 heavy (non-hydrogen) atoms. The van der Waals surface area contributed by atoms with Crippen LogP contribution in [0.2, 0.25) is 0 Å². The van der Waals surface area contributed by atoms with Gasteiger partial charge in [-0.1, -0.05) is 60.7 Å². The molecule has 0 bridgehead atoms. The molecule has 0 aliphatic rings. The molecule has 114 valence electrons. The van der Waals surface area contributed by atoms with Crippen molar-refractivity contribution in [1.29, 1.82) is 0 Å². The van der Waals surface area contributed by atoms with Crippen LogP contribution in [0.5, 0.6) is 0 Å². The number of aryl methyl sites for hydroxylation is 2. The molecule has 0 saturated heterocycles. The highest BCUT2D eigenvalue weighted by atomic mass is 79.9. The lowest BCUT2D eigenvalue weighted by Gasteiger charge is -2.05. The summed E-state index contributed by atoms with van der Waals surface area (Å²) in [5.74, 6) is 0.747. The zero-order chi connectivity index (χ0) is 15.2. The van der Waals surface area contributed by atoms with E-state index < -0.39 is 0 Å². The van der Waals surface area contributed by atoms with Gasteiger partial charge in [-0.05, 0) is 30.5 Å². The Bertz CT molecular complexity index is 590. The van der Waals surface area contributed by atoms with Gasteiger partial charge in [0.05, 0.1) is 5.69 Å². The topological polar surface area (TPSA) is 43.8 Å². The van der Waals surface area contributed by atoms with Crippen LogP contribution in [0.15, 0.2) is 28.7 Å². The number of hydrogen-bond acceptors (Lipinski definition) is 2. The van der Waals surface area contributed by atoms with Crippen LogP contribution < -0.4 is 5.73 Å². The molecule has 1 heterocycles. The lowest BCUT2D eigenvalue weighted by molar-refractivity contribution is 0.623. The van der Waals surface area contributed by atoms with Crippen LogP contribution in [-0.2, 0) is 13.5 Å². The zero-order valence-corrected chi connectivity index (χ0v) is 14.5. The van der Waals surface area contributed by atoms with Crippen LogP contribution in [0, 0.1) is 0 Å². The van der Waals surface area contributed by atoms with Crippen LogP contribution in [0.4, 0.5) is 5.82 Å². The average Bonchev–Trinajstić information content (AvgIpc) is 2.74. The highest BCUT2D eigenvalue weighted by Gasteiger charge is 2.15. The third kappa shape index (κ3) is 4.10. The van der Waals surface area contributed by atoms with Gasteiger partial charge in [-0.3, -0.25) is 4.68 Å². The zero-order valence-electron chi connectivity index (χ0n) is 12.9. The minimum atomic E-state index is 0.747. The lowest BCUT2D eigenvalue weighted by atomic mass is 10.0. The number of aromatic nitrogens is 2. The second kappa shape index (κ2) is 7.64. The van der Waals surface area contributed by atoms with Gasteiger partial charge >= 0.3 is 0 Å². The van der Waals surface area contributed by atoms with E-state index in [9.17, 15) is 0 Å². The van der Waals surface area contributed by atoms with Gasteiger partial charge in [-0.15, -0.1) is 0 Å². The molecule has 0 spiro atoms. The number of nitrogens with two attached hydrogens (primary N) is 1. The SMILES string of the molecule is CCCCCCCc1nn(C)c(N)c1-c1cccc(Br)c1. The summed E-state index contributed by atoms with van der Waals surface area (Å²) in [5.41, 5.74) is 9.57. The Morgan fingerprint density at radius 2 is 1.95 bits per heavy atom. The summed E-state index contributed by atoms with van der Waals surface area (Å²) in [6.07, 6.45) is 7.35. The molecule has 0 atom stereocenters. The molecule has 4 heteroatoms. The molecule has 1 aromatic heterocycles. The van der Waals surface area contributed by atoms with E-state index >= 15 is 0 Å². The first-order valence-electron chi connectivity index (χ1n) is 7.70. The lowest BCUT2D eigenvalue weighted by Crippen LogP contribution is -1.98. The molecular formula is C17H24BrN3. The van der Waals surface area contributed by atoms with E-state index in [0.717, 1.165) is 33.5 Å². The van der Waals surface area contributed by atoms with Gasteiger partial charge in [0.25, 0.3) is 0 Å². The fraction of sp³-hybridized carbons (Fsp3) is 0.471. The number of nitrogens with zero attached hydrogens (tertiary/aromatic N) is 2. The van der Waals surface area contributed by atoms with E-state index in [1.807, 2.05) is 19.2 Å². The van der Waals surface area contributed by atoms with Gasteiger partial charge in [0.2, 0.25) is 0 Å². The Kier molecular flexibility index (Phi) is 5.85. The summed E-state index contributed by atoms with van der Waals surface area (Å²) in [6.45, 7) is 2.24. The minimum Gasteiger partial charge on any atom is -0.383 e. The molecule has 2 aromatic rings. The Morgan fingerprint density at radius 3 is 2.67 bits per heavy atom. The van der Waals surface area contributed by atoms with Crippen LogP contribution in [-0.4, -0.2) is 9.78 Å². The summed E-state index contributed by atoms with van der Waals surface area (Å²) in [5, 5.41) is 4.61. The number of nitrogen functional groups attached to an aromatic ring is 1. The highest BCUT2D eigenvalue weighted by Crippen LogP contribution is 2.32. The van der Waals surface area contributed by atoms with Crippen LogP contribution in [0.25, 0.3) is 11.1 Å². The maximum absolute atomic E-state index is 6.22. The Hall–Kier alpha value is -1.29. The third-order valence-electron chi connectivity index (χ3n) is 3.79. The van der Waals surface area contributed by atoms with E-state index in [4.69, 9.17) is 5.73 Å². The van der Waals surface area contributed by atoms with Crippen molar-refractivity contribution < 1.29 is 0 Å². The van der Waals surface area contributed by atoms with Crippen molar-refractivity contribution in [2.24, 2.45) is 7.05 Å². The number of unbranched alkanes of at least 4 members (excludes halogenated alkanes) is 4. The fourth-order valence-corrected chi connectivity index (χ4v) is 3.02. The number of hydrogen-bond donors (Lipinski definition) is 1. The maximum Gasteiger partial charge on any atom is 0.129 e. The predicted molar refractivity (Wildman–Crippen MR) is 93.2 cm³/mol. The van der Waals surface area contributed by atoms with Gasteiger partial charge in [0, 0.05) is 17.1 Å². The normalized spacial score (nSPS) is 11.0. The highest BCUT2D eigenvalue weighted by molar-refractivity contribution is 9.10. The molecule has 0 unspecified atom stereocenters. The molecule has 2 rings (SSSR count). The van der Waals surface area contributed by atoms with Gasteiger partial charge in [0.15, 0.2) is 0 Å². The van der Waals surface area contributed by atoms with Gasteiger partial charge in [-0.25, -0.2) is 0 Å². The average molecular weight is 350 g/mol. The molecule has 2 N–H and O–H groups in total. The summed E-state index contributed by atoms with van der Waals surface area (Å²) >= 11 is 3.53. The standard InChI is InChI=1S/C17H24BrN3/c1-3-4-5-6-7-11-15-16(17(19)21(2)20-15)13-9-8-10-14(18)12-13/h8-10,12H,3-7,11,19H2,1-2H3. The number of benzene rings is 1. The van der Waals surface area contributed by atoms with Crippen LogP contribution in [0.1, 0.15) is 44.7 Å². The summed E-state index contributed by atoms with van der Waals surface area (Å²) in [7, 11) is 1.91. The molecule has 0 fully saturated rings. The maximum atomic E-state index is 6.22. The van der Waals surface area contributed by atoms with Crippen molar-refractivity contribution in [2.45, 2.75) is 45.4 Å². The molecule has 3 nitrogen and oxygen atoms in total. The Balaban J connectivity index is 2.16. The number of halogens is 1. The van der Waals surface area contributed by atoms with Gasteiger partial charge in [0.1, 0.15) is 5.82 Å². The first kappa shape index (κ1) is 16.1. The van der Waals surface area contributed by atoms with E-state index in [1.165, 1.54) is 32.1 Å². The predicted octanol–water partition coefficient (Wildman–Crippen LogP) is 4.94. The first-order chi connectivity index (χ1) is 10.1. The molecule has 0 aliphatic carbocycles. The molecule has 0 aliphatic heterocycles. The van der Waals surface area contributed by atoms with Crippen molar-refractivity contribution in [2.75, 3.05) is 5.73 Å². The van der Waals surface area contributed by atoms with Crippen molar-refractivity contribution in [1.82, 2.24) is 9.78 Å². The monoisotopic (exact) mass is 349 g/mol. The smallest absolute Gasteiger partial charge is 0.129 e. The molecule has 0 amide bonds. The summed E-state index contributed by atoms with van der Waals surface area (Å²) in [4.78, 5) is 0. The Morgan fingerprint density at radius 1 is 1.19 bits per heavy atom. The quantitative estimate of drug-likeness (QED) is 0.719. The van der Waals surface area contributed by atoms with Crippen molar-refractivity contribution in [3.63, 3.8) is 0 Å². The van der Waals surface area contributed by atoms with Crippen molar-refractivity contribution >= 4 is 21.7 Å². The van der Waals surface area contributed by atoms with Crippen LogP contribution in [0.3, 0.4) is 0 Å². The van der Waals surface area contributed by atoms with E-state index in [-0.39, 0.29) is 0 Å². The van der Waals surface area contributed by atoms with E-state index in [1.54, 1.807) is 4.68 Å². The second-order valence-electron chi connectivity index (χ2n) is 5.51. The van der Waals surface area contributed by atoms with E-state index in [0.29, 0.717) is 0 Å². The summed E-state index contributed by atoms with van der Waals surface area (Å²) in [6, 6.07) is 8.27. The number of rotatable bonds is 7. The first-order valence-corrected chi connectivity index (χ1v) is 8.50. The largest absolute Gasteiger partial charge is 0.383 e. The van der Waals surface area contributed by atoms with Crippen molar-refractivity contribution in [3.05, 3.63) is 34.4 Å². The third-order valence-corrected chi connectivity index (χ3v) is 4.29. The molecular weight excluding hydrogens is 326 g/mol. The summed E-state index contributed by atoms with van der Waals surface area (Å²) < 4.78 is 2.86. The fourth-order valence-electron chi connectivity index (χ4n) is 2.62. The number of anilines is 1. The molecule has 0 radical (unpaired) electrons. The van der Waals surface area contributed by atoms with Crippen molar-refractivity contribution in [3.8, 4) is 11.1 Å². The minimum absolute atomic E-state index is 0.747. The second-order valence-corrected chi connectivity index (χ2v) is 6.42. The van der Waals surface area contributed by atoms with Crippen LogP contribution >= 0.6 is 15.9 Å². The van der Waals surface area contributed by atoms with Gasteiger partial charge < -0.3 is 5.73 Å². The van der Waals surface area contributed by atoms with E-state index in [2.05, 4.69) is 40.1 Å².